The third-order valence-electron chi connectivity index (χ3n) is 1.29. The maximum Gasteiger partial charge on any atom is 0.0714 e. The Balaban J connectivity index is 2.20. The molecule has 2 atom stereocenters. The van der Waals surface area contributed by atoms with E-state index in [1.165, 1.54) is 12.8 Å². The SMILES string of the molecule is [B]C1CCC1S. The van der Waals surface area contributed by atoms with Gasteiger partial charge in [0.15, 0.2) is 0 Å². The molecule has 0 heterocycles. The summed E-state index contributed by atoms with van der Waals surface area (Å²) in [6.45, 7) is 0. The third-order valence-corrected chi connectivity index (χ3v) is 1.93. The number of hydrogen-bond donors (Lipinski definition) is 1. The van der Waals surface area contributed by atoms with Crippen LogP contribution in [-0.4, -0.2) is 13.1 Å². The monoisotopic (exact) mass is 98.0 g/mol. The normalized spacial score (nSPS) is 44.8. The van der Waals surface area contributed by atoms with Crippen LogP contribution in [0.2, 0.25) is 5.82 Å². The Kier molecular flexibility index (Phi) is 1.14. The predicted molar refractivity (Wildman–Crippen MR) is 31.5 cm³/mol. The second-order valence-electron chi connectivity index (χ2n) is 1.81. The zero-order valence-electron chi connectivity index (χ0n) is 3.59. The van der Waals surface area contributed by atoms with E-state index < -0.39 is 0 Å². The maximum absolute atomic E-state index is 5.45. The van der Waals surface area contributed by atoms with Crippen LogP contribution in [-0.2, 0) is 0 Å². The van der Waals surface area contributed by atoms with Crippen LogP contribution in [0, 0.1) is 0 Å². The van der Waals surface area contributed by atoms with Gasteiger partial charge in [-0.25, -0.2) is 0 Å². The Labute approximate surface area is 45.1 Å². The summed E-state index contributed by atoms with van der Waals surface area (Å²) < 4.78 is 0. The Bertz CT molecular complexity index is 47.5. The van der Waals surface area contributed by atoms with Gasteiger partial charge in [-0.05, 0) is 11.7 Å². The molecule has 0 aliphatic heterocycles. The zero-order valence-corrected chi connectivity index (χ0v) is 4.49. The van der Waals surface area contributed by atoms with Gasteiger partial charge < -0.3 is 0 Å². The molecule has 0 aromatic heterocycles. The van der Waals surface area contributed by atoms with E-state index in [9.17, 15) is 0 Å². The summed E-state index contributed by atoms with van der Waals surface area (Å²) in [4.78, 5) is 0. The molecular formula is C4H7BS. The van der Waals surface area contributed by atoms with Crippen LogP contribution in [0.5, 0.6) is 0 Å². The molecule has 32 valence electrons. The lowest BCUT2D eigenvalue weighted by atomic mass is 9.70. The quantitative estimate of drug-likeness (QED) is 0.339. The van der Waals surface area contributed by atoms with Gasteiger partial charge >= 0.3 is 0 Å². The average molecular weight is 98.0 g/mol. The summed E-state index contributed by atoms with van der Waals surface area (Å²) in [5.74, 6) is 0.397. The van der Waals surface area contributed by atoms with Crippen LogP contribution in [0.1, 0.15) is 12.8 Å². The van der Waals surface area contributed by atoms with Crippen molar-refractivity contribution in [2.24, 2.45) is 0 Å². The Morgan fingerprint density at radius 3 is 2.00 bits per heavy atom. The van der Waals surface area contributed by atoms with Gasteiger partial charge in [0.25, 0.3) is 0 Å². The third kappa shape index (κ3) is 0.581. The summed E-state index contributed by atoms with van der Waals surface area (Å²) in [5, 5.41) is 0.505. The van der Waals surface area contributed by atoms with Crippen molar-refractivity contribution in [3.63, 3.8) is 0 Å². The fourth-order valence-corrected chi connectivity index (χ4v) is 0.806. The summed E-state index contributed by atoms with van der Waals surface area (Å²) in [6.07, 6.45) is 2.39. The van der Waals surface area contributed by atoms with Crippen molar-refractivity contribution in [3.05, 3.63) is 0 Å². The standard InChI is InChI=1S/C4H7BS/c5-3-1-2-4(3)6/h3-4,6H,1-2H2. The molecule has 0 bridgehead atoms. The smallest absolute Gasteiger partial charge is 0.0714 e. The van der Waals surface area contributed by atoms with E-state index in [2.05, 4.69) is 12.6 Å². The molecule has 0 saturated heterocycles. The highest BCUT2D eigenvalue weighted by molar-refractivity contribution is 7.81. The molecule has 1 saturated carbocycles. The van der Waals surface area contributed by atoms with Crippen molar-refractivity contribution in [2.75, 3.05) is 0 Å². The predicted octanol–water partition coefficient (Wildman–Crippen LogP) is 1.04. The fourth-order valence-electron chi connectivity index (χ4n) is 0.508. The molecule has 0 amide bonds. The summed E-state index contributed by atoms with van der Waals surface area (Å²) in [5.41, 5.74) is 0. The molecule has 0 spiro atoms. The van der Waals surface area contributed by atoms with Crippen molar-refractivity contribution in [3.8, 4) is 0 Å². The molecule has 2 unspecified atom stereocenters. The van der Waals surface area contributed by atoms with Crippen LogP contribution >= 0.6 is 12.6 Å². The van der Waals surface area contributed by atoms with Crippen molar-refractivity contribution >= 4 is 20.5 Å². The van der Waals surface area contributed by atoms with Crippen molar-refractivity contribution in [1.29, 1.82) is 0 Å². The second kappa shape index (κ2) is 1.49. The van der Waals surface area contributed by atoms with Gasteiger partial charge in [-0.3, -0.25) is 0 Å². The first-order valence-electron chi connectivity index (χ1n) is 2.24. The molecule has 0 aromatic carbocycles. The fraction of sp³-hybridized carbons (Fsp3) is 1.00. The van der Waals surface area contributed by atoms with Gasteiger partial charge in [0.1, 0.15) is 0 Å². The number of hydrogen-bond acceptors (Lipinski definition) is 1. The lowest BCUT2D eigenvalue weighted by Gasteiger charge is -2.29. The first-order valence-corrected chi connectivity index (χ1v) is 2.76. The Morgan fingerprint density at radius 2 is 2.00 bits per heavy atom. The van der Waals surface area contributed by atoms with E-state index >= 15 is 0 Å². The van der Waals surface area contributed by atoms with Crippen molar-refractivity contribution in [2.45, 2.75) is 23.9 Å². The largest absolute Gasteiger partial charge is 0.176 e. The molecule has 1 rings (SSSR count). The van der Waals surface area contributed by atoms with Gasteiger partial charge in [-0.2, -0.15) is 12.6 Å². The number of thiol groups is 1. The Morgan fingerprint density at radius 1 is 1.50 bits per heavy atom. The van der Waals surface area contributed by atoms with Crippen molar-refractivity contribution < 1.29 is 0 Å². The topological polar surface area (TPSA) is 0 Å². The van der Waals surface area contributed by atoms with Crippen LogP contribution in [0.25, 0.3) is 0 Å². The Hall–Kier alpha value is 0.415. The molecule has 2 radical (unpaired) electrons. The molecule has 1 aliphatic rings. The molecule has 1 aliphatic carbocycles. The first kappa shape index (κ1) is 4.57. The van der Waals surface area contributed by atoms with Gasteiger partial charge in [-0.15, -0.1) is 0 Å². The molecule has 1 fully saturated rings. The lowest BCUT2D eigenvalue weighted by Crippen LogP contribution is -2.20. The average Bonchev–Trinajstić information content (AvgIpc) is 1.61. The minimum Gasteiger partial charge on any atom is -0.176 e. The minimum atomic E-state index is 0.397. The van der Waals surface area contributed by atoms with Crippen molar-refractivity contribution in [1.82, 2.24) is 0 Å². The van der Waals surface area contributed by atoms with E-state index in [1.54, 1.807) is 0 Å². The highest BCUT2D eigenvalue weighted by Gasteiger charge is 2.21. The van der Waals surface area contributed by atoms with E-state index in [4.69, 9.17) is 7.85 Å². The van der Waals surface area contributed by atoms with Gasteiger partial charge in [-0.1, -0.05) is 12.2 Å². The van der Waals surface area contributed by atoms with E-state index in [0.29, 0.717) is 11.1 Å². The summed E-state index contributed by atoms with van der Waals surface area (Å²) in [7, 11) is 5.45. The highest BCUT2D eigenvalue weighted by Crippen LogP contribution is 2.33. The van der Waals surface area contributed by atoms with Crippen LogP contribution in [0.15, 0.2) is 0 Å². The van der Waals surface area contributed by atoms with Gasteiger partial charge in [0.2, 0.25) is 0 Å². The van der Waals surface area contributed by atoms with Gasteiger partial charge in [0, 0.05) is 0 Å². The van der Waals surface area contributed by atoms with E-state index in [1.807, 2.05) is 0 Å². The second-order valence-corrected chi connectivity index (χ2v) is 2.47. The zero-order chi connectivity index (χ0) is 4.57. The van der Waals surface area contributed by atoms with Crippen LogP contribution in [0.4, 0.5) is 0 Å². The lowest BCUT2D eigenvalue weighted by molar-refractivity contribution is 0.525. The van der Waals surface area contributed by atoms with Crippen LogP contribution < -0.4 is 0 Å². The molecule has 6 heavy (non-hydrogen) atoms. The first-order chi connectivity index (χ1) is 2.80. The number of rotatable bonds is 0. The molecule has 0 N–H and O–H groups in total. The van der Waals surface area contributed by atoms with Crippen LogP contribution in [0.3, 0.4) is 0 Å². The summed E-state index contributed by atoms with van der Waals surface area (Å²) in [6, 6.07) is 0. The van der Waals surface area contributed by atoms with E-state index in [-0.39, 0.29) is 0 Å². The van der Waals surface area contributed by atoms with E-state index in [0.717, 1.165) is 0 Å². The maximum atomic E-state index is 5.45. The highest BCUT2D eigenvalue weighted by atomic mass is 32.1. The molecule has 0 aromatic rings. The molecule has 2 heteroatoms. The minimum absolute atomic E-state index is 0.397. The molecule has 0 nitrogen and oxygen atoms in total. The summed E-state index contributed by atoms with van der Waals surface area (Å²) >= 11 is 4.15. The molecular weight excluding hydrogens is 90.9 g/mol. The van der Waals surface area contributed by atoms with Gasteiger partial charge in [0.05, 0.1) is 7.85 Å².